The molecule has 0 unspecified atom stereocenters. The van der Waals surface area contributed by atoms with Crippen molar-refractivity contribution >= 4 is 57.0 Å². The minimum Gasteiger partial charge on any atom is -0.306 e. The highest BCUT2D eigenvalue weighted by molar-refractivity contribution is 7.72. The molecule has 0 bridgehead atoms. The van der Waals surface area contributed by atoms with E-state index >= 15 is 0 Å². The number of rotatable bonds is 8. The van der Waals surface area contributed by atoms with E-state index in [0.29, 0.717) is 15.2 Å². The molecular formula is C27H23Cl2N2OPS. The maximum Gasteiger partial charge on any atom is 0.217 e. The number of aryl methyl sites for hydroxylation is 1. The molecule has 0 radical (unpaired) electrons. The fraction of sp³-hybridized carbons (Fsp3) is 0.0741. The Kier molecular flexibility index (Phi) is 8.07. The molecular weight excluding hydrogens is 502 g/mol. The van der Waals surface area contributed by atoms with E-state index in [-0.39, 0.29) is 0 Å². The number of nitrogens with zero attached hydrogens (tertiary/aromatic N) is 1. The smallest absolute Gasteiger partial charge is 0.217 e. The van der Waals surface area contributed by atoms with Gasteiger partial charge in [0.2, 0.25) is 7.29 Å². The van der Waals surface area contributed by atoms with Crippen LogP contribution in [-0.2, 0) is 11.0 Å². The van der Waals surface area contributed by atoms with Gasteiger partial charge in [0.1, 0.15) is 0 Å². The molecule has 1 heterocycles. The molecule has 4 aromatic rings. The van der Waals surface area contributed by atoms with Gasteiger partial charge < -0.3 is 5.09 Å². The molecule has 0 saturated heterocycles. The fourth-order valence-corrected chi connectivity index (χ4v) is 7.15. The van der Waals surface area contributed by atoms with E-state index in [4.69, 9.17) is 23.2 Å². The molecule has 0 aliphatic heterocycles. The highest BCUT2D eigenvalue weighted by Crippen LogP contribution is 2.54. The second kappa shape index (κ2) is 11.2. The first kappa shape index (κ1) is 24.5. The number of halogens is 2. The van der Waals surface area contributed by atoms with Gasteiger partial charge in [-0.3, -0.25) is 4.57 Å². The Morgan fingerprint density at radius 1 is 0.882 bits per heavy atom. The zero-order valence-corrected chi connectivity index (χ0v) is 21.7. The standard InChI is InChI=1S/C27H23Cl2N2OPS/c1-2-20-13-15-23(16-14-20)26-19-34-27(30-26)31-33(32,17-24(28)21-9-5-3-6-10-21)18-25(29)22-11-7-4-8-12-22/h3-19H,2H2,1H3,(H,30,31,32)/b24-17-,25-18-. The average Bonchev–Trinajstić information content (AvgIpc) is 3.33. The zero-order chi connectivity index (χ0) is 24.0. The highest BCUT2D eigenvalue weighted by atomic mass is 35.5. The number of hydrogen-bond acceptors (Lipinski definition) is 3. The highest BCUT2D eigenvalue weighted by Gasteiger charge is 2.21. The lowest BCUT2D eigenvalue weighted by molar-refractivity contribution is 0.589. The Balaban J connectivity index is 1.68. The van der Waals surface area contributed by atoms with E-state index in [1.165, 1.54) is 28.5 Å². The summed E-state index contributed by atoms with van der Waals surface area (Å²) >= 11 is 14.5. The van der Waals surface area contributed by atoms with Gasteiger partial charge in [-0.15, -0.1) is 11.3 Å². The molecule has 4 rings (SSSR count). The Hall–Kier alpha value is -2.62. The van der Waals surface area contributed by atoms with Crippen molar-refractivity contribution in [2.24, 2.45) is 0 Å². The summed E-state index contributed by atoms with van der Waals surface area (Å²) < 4.78 is 14.1. The lowest BCUT2D eigenvalue weighted by atomic mass is 10.1. The second-order valence-corrected chi connectivity index (χ2v) is 11.4. The van der Waals surface area contributed by atoms with E-state index < -0.39 is 7.29 Å². The zero-order valence-electron chi connectivity index (χ0n) is 18.5. The van der Waals surface area contributed by atoms with Gasteiger partial charge in [-0.2, -0.15) is 0 Å². The van der Waals surface area contributed by atoms with Crippen LogP contribution in [0.1, 0.15) is 23.6 Å². The maximum absolute atomic E-state index is 14.1. The number of thiazole rings is 1. The predicted octanol–water partition coefficient (Wildman–Crippen LogP) is 9.54. The van der Waals surface area contributed by atoms with E-state index in [2.05, 4.69) is 41.3 Å². The molecule has 0 fully saturated rings. The quantitative estimate of drug-likeness (QED) is 0.233. The van der Waals surface area contributed by atoms with Crippen molar-refractivity contribution in [1.29, 1.82) is 0 Å². The SMILES string of the molecule is CCc1ccc(-c2csc(NP(=O)(/C=C(\Cl)c3ccccc3)/C=C(\Cl)c3ccccc3)n2)cc1. The van der Waals surface area contributed by atoms with Crippen molar-refractivity contribution in [2.45, 2.75) is 13.3 Å². The summed E-state index contributed by atoms with van der Waals surface area (Å²) in [5.41, 5.74) is 4.63. The lowest BCUT2D eigenvalue weighted by Gasteiger charge is -2.13. The topological polar surface area (TPSA) is 42.0 Å². The third kappa shape index (κ3) is 6.28. The first-order valence-electron chi connectivity index (χ1n) is 10.8. The largest absolute Gasteiger partial charge is 0.306 e. The second-order valence-electron chi connectivity index (χ2n) is 7.60. The van der Waals surface area contributed by atoms with Gasteiger partial charge in [0.25, 0.3) is 0 Å². The van der Waals surface area contributed by atoms with Crippen LogP contribution in [0, 0.1) is 0 Å². The molecule has 3 nitrogen and oxygen atoms in total. The van der Waals surface area contributed by atoms with E-state index in [1.807, 2.05) is 66.0 Å². The van der Waals surface area contributed by atoms with E-state index in [0.717, 1.165) is 28.8 Å². The van der Waals surface area contributed by atoms with Crippen molar-refractivity contribution in [3.8, 4) is 11.3 Å². The molecule has 0 aliphatic rings. The molecule has 34 heavy (non-hydrogen) atoms. The molecule has 0 saturated carbocycles. The number of aromatic nitrogens is 1. The molecule has 0 spiro atoms. The van der Waals surface area contributed by atoms with Crippen LogP contribution in [0.15, 0.2) is 102 Å². The third-order valence-electron chi connectivity index (χ3n) is 5.14. The Morgan fingerprint density at radius 2 is 1.41 bits per heavy atom. The molecule has 172 valence electrons. The van der Waals surface area contributed by atoms with Gasteiger partial charge in [-0.05, 0) is 23.1 Å². The molecule has 0 amide bonds. The Labute approximate surface area is 214 Å². The molecule has 3 aromatic carbocycles. The summed E-state index contributed by atoms with van der Waals surface area (Å²) in [7, 11) is -3.37. The minimum atomic E-state index is -3.37. The van der Waals surface area contributed by atoms with Crippen molar-refractivity contribution in [1.82, 2.24) is 4.98 Å². The van der Waals surface area contributed by atoms with Crippen LogP contribution in [0.25, 0.3) is 21.3 Å². The fourth-order valence-electron chi connectivity index (χ4n) is 3.30. The maximum atomic E-state index is 14.1. The predicted molar refractivity (Wildman–Crippen MR) is 149 cm³/mol. The van der Waals surface area contributed by atoms with Crippen molar-refractivity contribution in [2.75, 3.05) is 5.09 Å². The number of nitrogens with one attached hydrogen (secondary N) is 1. The van der Waals surface area contributed by atoms with Crippen molar-refractivity contribution < 1.29 is 4.57 Å². The van der Waals surface area contributed by atoms with Crippen molar-refractivity contribution in [3.63, 3.8) is 0 Å². The number of hydrogen-bond donors (Lipinski definition) is 1. The summed E-state index contributed by atoms with van der Waals surface area (Å²) in [4.78, 5) is 4.67. The molecule has 1 N–H and O–H groups in total. The molecule has 7 heteroatoms. The van der Waals surface area contributed by atoms with E-state index in [1.54, 1.807) is 0 Å². The summed E-state index contributed by atoms with van der Waals surface area (Å²) in [6, 6.07) is 27.1. The van der Waals surface area contributed by atoms with Crippen molar-refractivity contribution in [3.05, 3.63) is 119 Å². The lowest BCUT2D eigenvalue weighted by Crippen LogP contribution is -1.94. The molecule has 0 atom stereocenters. The Bertz CT molecular complexity index is 1290. The first-order valence-corrected chi connectivity index (χ1v) is 14.2. The number of anilines is 1. The van der Waals surface area contributed by atoms with Gasteiger partial charge >= 0.3 is 0 Å². The van der Waals surface area contributed by atoms with Crippen LogP contribution in [0.2, 0.25) is 0 Å². The summed E-state index contributed by atoms with van der Waals surface area (Å²) in [6.45, 7) is 2.12. The summed E-state index contributed by atoms with van der Waals surface area (Å²) in [6.07, 6.45) is 0.982. The first-order chi connectivity index (χ1) is 16.5. The van der Waals surface area contributed by atoms with Crippen LogP contribution >= 0.6 is 41.8 Å². The van der Waals surface area contributed by atoms with Gasteiger partial charge in [0, 0.05) is 22.6 Å². The van der Waals surface area contributed by atoms with Crippen LogP contribution in [-0.4, -0.2) is 4.98 Å². The van der Waals surface area contributed by atoms with Gasteiger partial charge in [-0.1, -0.05) is 115 Å². The number of benzene rings is 3. The van der Waals surface area contributed by atoms with Crippen LogP contribution in [0.3, 0.4) is 0 Å². The summed E-state index contributed by atoms with van der Waals surface area (Å²) in [5.74, 6) is 3.07. The normalized spacial score (nSPS) is 12.6. The molecule has 1 aromatic heterocycles. The Morgan fingerprint density at radius 3 is 1.91 bits per heavy atom. The van der Waals surface area contributed by atoms with Crippen LogP contribution in [0.4, 0.5) is 5.13 Å². The van der Waals surface area contributed by atoms with Gasteiger partial charge in [0.05, 0.1) is 15.8 Å². The monoisotopic (exact) mass is 524 g/mol. The van der Waals surface area contributed by atoms with Gasteiger partial charge in [0.15, 0.2) is 5.13 Å². The summed E-state index contributed by atoms with van der Waals surface area (Å²) in [5, 5.41) is 6.33. The van der Waals surface area contributed by atoms with Crippen LogP contribution < -0.4 is 5.09 Å². The molecule has 0 aliphatic carbocycles. The van der Waals surface area contributed by atoms with Crippen LogP contribution in [0.5, 0.6) is 0 Å². The third-order valence-corrected chi connectivity index (χ3v) is 8.85. The minimum absolute atomic E-state index is 0.372. The average molecular weight is 525 g/mol. The van der Waals surface area contributed by atoms with Gasteiger partial charge in [-0.25, -0.2) is 4.98 Å². The van der Waals surface area contributed by atoms with E-state index in [9.17, 15) is 4.57 Å².